The highest BCUT2D eigenvalue weighted by molar-refractivity contribution is 5.94. The molecule has 10 heteroatoms. The van der Waals surface area contributed by atoms with E-state index in [0.29, 0.717) is 11.3 Å². The summed E-state index contributed by atoms with van der Waals surface area (Å²) in [4.78, 5) is 23.2. The second kappa shape index (κ2) is 6.67. The number of esters is 1. The normalized spacial score (nSPS) is 10.7. The zero-order valence-electron chi connectivity index (χ0n) is 13.9. The van der Waals surface area contributed by atoms with Gasteiger partial charge in [-0.2, -0.15) is 5.10 Å². The van der Waals surface area contributed by atoms with E-state index >= 15 is 0 Å². The third-order valence-electron chi connectivity index (χ3n) is 3.54. The van der Waals surface area contributed by atoms with Crippen LogP contribution in [0.4, 0.5) is 0 Å². The first-order chi connectivity index (χ1) is 12.4. The van der Waals surface area contributed by atoms with Crippen LogP contribution in [0, 0.1) is 0 Å². The minimum atomic E-state index is -1.14. The number of carbonyl (C=O) groups is 2. The smallest absolute Gasteiger partial charge is 0.359 e. The van der Waals surface area contributed by atoms with Crippen molar-refractivity contribution >= 4 is 11.9 Å². The number of phenolic OH excluding ortho intramolecular Hbond substituents is 1. The fourth-order valence-electron chi connectivity index (χ4n) is 2.37. The Hall–Kier alpha value is -3.69. The number of phenols is 1. The van der Waals surface area contributed by atoms with Gasteiger partial charge in [-0.25, -0.2) is 14.3 Å². The van der Waals surface area contributed by atoms with Crippen molar-refractivity contribution in [2.75, 3.05) is 6.61 Å². The molecule has 2 aromatic heterocycles. The minimum absolute atomic E-state index is 0.0107. The summed E-state index contributed by atoms with van der Waals surface area (Å²) >= 11 is 0. The number of aromatic hydroxyl groups is 1. The van der Waals surface area contributed by atoms with Gasteiger partial charge in [-0.3, -0.25) is 4.68 Å². The van der Waals surface area contributed by atoms with E-state index in [0.717, 1.165) is 0 Å². The summed E-state index contributed by atoms with van der Waals surface area (Å²) in [6, 6.07) is 3.80. The van der Waals surface area contributed by atoms with Crippen LogP contribution >= 0.6 is 0 Å². The highest BCUT2D eigenvalue weighted by atomic mass is 16.5. The van der Waals surface area contributed by atoms with E-state index in [1.807, 2.05) is 0 Å². The molecule has 0 amide bonds. The molecule has 3 aromatic rings. The molecule has 0 atom stereocenters. The monoisotopic (exact) mass is 357 g/mol. The van der Waals surface area contributed by atoms with Crippen molar-refractivity contribution in [3.63, 3.8) is 0 Å². The van der Waals surface area contributed by atoms with Crippen LogP contribution in [0.5, 0.6) is 5.75 Å². The van der Waals surface area contributed by atoms with Crippen LogP contribution in [0.3, 0.4) is 0 Å². The molecule has 0 aliphatic carbocycles. The van der Waals surface area contributed by atoms with Crippen LogP contribution in [0.25, 0.3) is 16.9 Å². The number of carboxylic acids is 1. The number of aryl methyl sites for hydroxylation is 1. The Bertz CT molecular complexity index is 991. The van der Waals surface area contributed by atoms with Crippen molar-refractivity contribution in [2.45, 2.75) is 6.92 Å². The molecule has 0 saturated carbocycles. The maximum absolute atomic E-state index is 12.0. The molecule has 0 aliphatic heterocycles. The molecule has 0 unspecified atom stereocenters. The number of aromatic carboxylic acids is 1. The van der Waals surface area contributed by atoms with Crippen LogP contribution in [0.1, 0.15) is 27.8 Å². The first-order valence-electron chi connectivity index (χ1n) is 7.61. The molecule has 3 rings (SSSR count). The van der Waals surface area contributed by atoms with E-state index in [-0.39, 0.29) is 29.3 Å². The van der Waals surface area contributed by atoms with Gasteiger partial charge < -0.3 is 14.9 Å². The number of ether oxygens (including phenoxy) is 1. The Morgan fingerprint density at radius 1 is 1.27 bits per heavy atom. The maximum atomic E-state index is 12.0. The predicted molar refractivity (Wildman–Crippen MR) is 88.1 cm³/mol. The first kappa shape index (κ1) is 17.1. The molecule has 134 valence electrons. The Morgan fingerprint density at radius 3 is 2.73 bits per heavy atom. The first-order valence-corrected chi connectivity index (χ1v) is 7.61. The van der Waals surface area contributed by atoms with Crippen molar-refractivity contribution < 1.29 is 24.5 Å². The van der Waals surface area contributed by atoms with Crippen molar-refractivity contribution in [3.8, 4) is 22.7 Å². The number of hydrogen-bond acceptors (Lipinski definition) is 7. The van der Waals surface area contributed by atoms with Crippen LogP contribution in [-0.4, -0.2) is 53.5 Å². The third-order valence-corrected chi connectivity index (χ3v) is 3.54. The lowest BCUT2D eigenvalue weighted by Gasteiger charge is -2.04. The summed E-state index contributed by atoms with van der Waals surface area (Å²) in [5.74, 6) is -1.89. The number of carboxylic acid groups (broad SMARTS) is 1. The van der Waals surface area contributed by atoms with E-state index in [4.69, 9.17) is 9.84 Å². The Morgan fingerprint density at radius 2 is 2.04 bits per heavy atom. The molecule has 0 aliphatic rings. The molecule has 26 heavy (non-hydrogen) atoms. The van der Waals surface area contributed by atoms with Gasteiger partial charge in [0.1, 0.15) is 17.1 Å². The molecule has 1 aromatic carbocycles. The SMILES string of the molecule is CCOC(=O)c1nn(C)cc1-c1cn(-c2cc(C(=O)O)ccc2O)nn1. The Labute approximate surface area is 147 Å². The van der Waals surface area contributed by atoms with Gasteiger partial charge in [0, 0.05) is 13.2 Å². The fraction of sp³-hybridized carbons (Fsp3) is 0.188. The highest BCUT2D eigenvalue weighted by Gasteiger charge is 2.21. The topological polar surface area (TPSA) is 132 Å². The summed E-state index contributed by atoms with van der Waals surface area (Å²) in [6.45, 7) is 1.90. The lowest BCUT2D eigenvalue weighted by molar-refractivity contribution is 0.0519. The lowest BCUT2D eigenvalue weighted by atomic mass is 10.2. The molecular formula is C16H15N5O5. The highest BCUT2D eigenvalue weighted by Crippen LogP contribution is 2.26. The van der Waals surface area contributed by atoms with Gasteiger partial charge in [0.05, 0.1) is 23.9 Å². The van der Waals surface area contributed by atoms with Crippen LogP contribution < -0.4 is 0 Å². The summed E-state index contributed by atoms with van der Waals surface area (Å²) in [5.41, 5.74) is 0.950. The molecule has 0 saturated heterocycles. The van der Waals surface area contributed by atoms with Crippen molar-refractivity contribution in [1.29, 1.82) is 0 Å². The standard InChI is InChI=1S/C16H15N5O5/c1-3-26-16(25)14-10(7-20(2)18-14)11-8-21(19-17-11)12-6-9(15(23)24)4-5-13(12)22/h4-8,22H,3H2,1-2H3,(H,23,24). The fourth-order valence-corrected chi connectivity index (χ4v) is 2.37. The Kier molecular flexibility index (Phi) is 4.40. The van der Waals surface area contributed by atoms with Crippen molar-refractivity contribution in [2.24, 2.45) is 7.05 Å². The van der Waals surface area contributed by atoms with Gasteiger partial charge in [0.25, 0.3) is 0 Å². The molecule has 0 radical (unpaired) electrons. The number of rotatable bonds is 5. The summed E-state index contributed by atoms with van der Waals surface area (Å²) in [7, 11) is 1.65. The molecule has 0 spiro atoms. The van der Waals surface area contributed by atoms with Gasteiger partial charge in [0.2, 0.25) is 0 Å². The van der Waals surface area contributed by atoms with E-state index in [2.05, 4.69) is 15.4 Å². The quantitative estimate of drug-likeness (QED) is 0.652. The second-order valence-corrected chi connectivity index (χ2v) is 5.34. The van der Waals surface area contributed by atoms with E-state index < -0.39 is 11.9 Å². The van der Waals surface area contributed by atoms with E-state index in [1.165, 1.54) is 33.8 Å². The molecular weight excluding hydrogens is 342 g/mol. The zero-order chi connectivity index (χ0) is 18.8. The second-order valence-electron chi connectivity index (χ2n) is 5.34. The molecule has 0 fully saturated rings. The third kappa shape index (κ3) is 3.11. The predicted octanol–water partition coefficient (Wildman–Crippen LogP) is 1.25. The van der Waals surface area contributed by atoms with Gasteiger partial charge in [-0.15, -0.1) is 5.10 Å². The number of aromatic nitrogens is 5. The minimum Gasteiger partial charge on any atom is -0.506 e. The van der Waals surface area contributed by atoms with E-state index in [1.54, 1.807) is 20.2 Å². The summed E-state index contributed by atoms with van der Waals surface area (Å²) < 4.78 is 7.65. The molecule has 10 nitrogen and oxygen atoms in total. The van der Waals surface area contributed by atoms with Gasteiger partial charge in [-0.1, -0.05) is 5.21 Å². The molecule has 2 N–H and O–H groups in total. The lowest BCUT2D eigenvalue weighted by Crippen LogP contribution is -2.07. The van der Waals surface area contributed by atoms with Crippen LogP contribution in [0.2, 0.25) is 0 Å². The van der Waals surface area contributed by atoms with Gasteiger partial charge in [-0.05, 0) is 25.1 Å². The molecule has 0 bridgehead atoms. The zero-order valence-corrected chi connectivity index (χ0v) is 13.9. The van der Waals surface area contributed by atoms with E-state index in [9.17, 15) is 14.7 Å². The van der Waals surface area contributed by atoms with Crippen LogP contribution in [0.15, 0.2) is 30.6 Å². The average Bonchev–Trinajstić information content (AvgIpc) is 3.21. The number of nitrogens with zero attached hydrogens (tertiary/aromatic N) is 5. The summed E-state index contributed by atoms with van der Waals surface area (Å²) in [5, 5.41) is 31.1. The summed E-state index contributed by atoms with van der Waals surface area (Å²) in [6.07, 6.45) is 3.05. The van der Waals surface area contributed by atoms with Gasteiger partial charge >= 0.3 is 11.9 Å². The largest absolute Gasteiger partial charge is 0.506 e. The van der Waals surface area contributed by atoms with Crippen molar-refractivity contribution in [1.82, 2.24) is 24.8 Å². The average molecular weight is 357 g/mol. The molecule has 2 heterocycles. The Balaban J connectivity index is 2.03. The number of benzene rings is 1. The number of carbonyl (C=O) groups excluding carboxylic acids is 1. The van der Waals surface area contributed by atoms with Gasteiger partial charge in [0.15, 0.2) is 5.69 Å². The number of hydrogen-bond donors (Lipinski definition) is 2. The van der Waals surface area contributed by atoms with Crippen molar-refractivity contribution in [3.05, 3.63) is 41.9 Å². The maximum Gasteiger partial charge on any atom is 0.359 e. The van der Waals surface area contributed by atoms with Crippen LogP contribution in [-0.2, 0) is 11.8 Å².